The zero-order valence-corrected chi connectivity index (χ0v) is 9.07. The van der Waals surface area contributed by atoms with Gasteiger partial charge in [-0.2, -0.15) is 0 Å². The molecule has 1 N–H and O–H groups in total. The standard InChI is InChI=1S/C11H22FN/c1-9(2)11(3,12)10-7-5-4-6-8-13-10/h9-10,13H,4-8H2,1-3H3. The van der Waals surface area contributed by atoms with Gasteiger partial charge in [0.2, 0.25) is 0 Å². The van der Waals surface area contributed by atoms with E-state index in [1.165, 1.54) is 19.3 Å². The fraction of sp³-hybridized carbons (Fsp3) is 1.00. The molecule has 1 rings (SSSR count). The summed E-state index contributed by atoms with van der Waals surface area (Å²) >= 11 is 0. The zero-order valence-electron chi connectivity index (χ0n) is 9.07. The van der Waals surface area contributed by atoms with Crippen LogP contribution in [0.3, 0.4) is 0 Å². The summed E-state index contributed by atoms with van der Waals surface area (Å²) in [6.07, 6.45) is 4.61. The van der Waals surface area contributed by atoms with Crippen LogP contribution in [0.15, 0.2) is 0 Å². The van der Waals surface area contributed by atoms with Crippen molar-refractivity contribution >= 4 is 0 Å². The molecule has 1 saturated heterocycles. The van der Waals surface area contributed by atoms with E-state index in [1.807, 2.05) is 13.8 Å². The van der Waals surface area contributed by atoms with Crippen molar-refractivity contribution in [2.75, 3.05) is 6.54 Å². The van der Waals surface area contributed by atoms with Crippen LogP contribution in [0.5, 0.6) is 0 Å². The minimum Gasteiger partial charge on any atom is -0.311 e. The van der Waals surface area contributed by atoms with Crippen molar-refractivity contribution in [2.45, 2.75) is 58.2 Å². The van der Waals surface area contributed by atoms with Crippen LogP contribution in [-0.2, 0) is 0 Å². The molecule has 0 aromatic heterocycles. The van der Waals surface area contributed by atoms with Gasteiger partial charge >= 0.3 is 0 Å². The number of hydrogen-bond donors (Lipinski definition) is 1. The first kappa shape index (κ1) is 11.0. The largest absolute Gasteiger partial charge is 0.311 e. The third kappa shape index (κ3) is 2.67. The van der Waals surface area contributed by atoms with Crippen molar-refractivity contribution in [3.63, 3.8) is 0 Å². The summed E-state index contributed by atoms with van der Waals surface area (Å²) < 4.78 is 14.2. The van der Waals surface area contributed by atoms with Crippen LogP contribution in [0, 0.1) is 5.92 Å². The quantitative estimate of drug-likeness (QED) is 0.701. The van der Waals surface area contributed by atoms with Gasteiger partial charge in [0.25, 0.3) is 0 Å². The maximum absolute atomic E-state index is 14.2. The SMILES string of the molecule is CC(C)C(C)(F)C1CCCCCN1. The predicted molar refractivity (Wildman–Crippen MR) is 54.6 cm³/mol. The Hall–Kier alpha value is -0.110. The van der Waals surface area contributed by atoms with Gasteiger partial charge in [0, 0.05) is 6.04 Å². The average Bonchev–Trinajstić information content (AvgIpc) is 2.31. The van der Waals surface area contributed by atoms with Gasteiger partial charge in [-0.1, -0.05) is 26.7 Å². The normalized spacial score (nSPS) is 29.8. The molecule has 2 atom stereocenters. The lowest BCUT2D eigenvalue weighted by atomic mass is 9.85. The van der Waals surface area contributed by atoms with Crippen molar-refractivity contribution in [1.82, 2.24) is 5.32 Å². The number of halogens is 1. The molecule has 1 aliphatic rings. The van der Waals surface area contributed by atoms with Crippen molar-refractivity contribution in [3.8, 4) is 0 Å². The van der Waals surface area contributed by atoms with Gasteiger partial charge in [-0.05, 0) is 32.2 Å². The van der Waals surface area contributed by atoms with Crippen LogP contribution in [0.25, 0.3) is 0 Å². The van der Waals surface area contributed by atoms with Crippen LogP contribution in [-0.4, -0.2) is 18.3 Å². The van der Waals surface area contributed by atoms with E-state index in [-0.39, 0.29) is 12.0 Å². The van der Waals surface area contributed by atoms with Crippen molar-refractivity contribution < 1.29 is 4.39 Å². The molecular weight excluding hydrogens is 165 g/mol. The van der Waals surface area contributed by atoms with E-state index in [1.54, 1.807) is 6.92 Å². The third-order valence-electron chi connectivity index (χ3n) is 3.37. The Balaban J connectivity index is 2.57. The lowest BCUT2D eigenvalue weighted by Crippen LogP contribution is -2.48. The number of hydrogen-bond acceptors (Lipinski definition) is 1. The van der Waals surface area contributed by atoms with Crippen LogP contribution >= 0.6 is 0 Å². The highest BCUT2D eigenvalue weighted by molar-refractivity contribution is 4.91. The van der Waals surface area contributed by atoms with Crippen LogP contribution in [0.4, 0.5) is 4.39 Å². The minimum atomic E-state index is -1.05. The maximum Gasteiger partial charge on any atom is 0.125 e. The Morgan fingerprint density at radius 2 is 2.00 bits per heavy atom. The smallest absolute Gasteiger partial charge is 0.125 e. The van der Waals surface area contributed by atoms with Crippen molar-refractivity contribution in [1.29, 1.82) is 0 Å². The van der Waals surface area contributed by atoms with Crippen molar-refractivity contribution in [3.05, 3.63) is 0 Å². The number of rotatable bonds is 2. The lowest BCUT2D eigenvalue weighted by Gasteiger charge is -2.33. The van der Waals surface area contributed by atoms with Gasteiger partial charge in [0.15, 0.2) is 0 Å². The molecule has 1 aliphatic heterocycles. The van der Waals surface area contributed by atoms with E-state index in [2.05, 4.69) is 5.32 Å². The van der Waals surface area contributed by atoms with Gasteiger partial charge in [-0.15, -0.1) is 0 Å². The van der Waals surface area contributed by atoms with Crippen LogP contribution in [0.1, 0.15) is 46.5 Å². The fourth-order valence-electron chi connectivity index (χ4n) is 1.91. The van der Waals surface area contributed by atoms with E-state index in [9.17, 15) is 4.39 Å². The molecule has 0 radical (unpaired) electrons. The highest BCUT2D eigenvalue weighted by atomic mass is 19.1. The summed E-state index contributed by atoms with van der Waals surface area (Å²) in [6, 6.07) is 0.0648. The first-order valence-electron chi connectivity index (χ1n) is 5.47. The van der Waals surface area contributed by atoms with Gasteiger partial charge in [0.05, 0.1) is 0 Å². The average molecular weight is 187 g/mol. The second-order valence-electron chi connectivity index (χ2n) is 4.66. The predicted octanol–water partition coefficient (Wildman–Crippen LogP) is 2.90. The molecule has 1 nitrogen and oxygen atoms in total. The second kappa shape index (κ2) is 4.41. The molecule has 2 heteroatoms. The molecular formula is C11H22FN. The Bertz CT molecular complexity index is 146. The zero-order chi connectivity index (χ0) is 9.90. The molecule has 2 unspecified atom stereocenters. The second-order valence-corrected chi connectivity index (χ2v) is 4.66. The van der Waals surface area contributed by atoms with E-state index < -0.39 is 5.67 Å². The Morgan fingerprint density at radius 3 is 2.62 bits per heavy atom. The monoisotopic (exact) mass is 187 g/mol. The van der Waals surface area contributed by atoms with E-state index in [0.29, 0.717) is 0 Å². The van der Waals surface area contributed by atoms with Gasteiger partial charge < -0.3 is 5.32 Å². The maximum atomic E-state index is 14.2. The molecule has 1 fully saturated rings. The van der Waals surface area contributed by atoms with Gasteiger partial charge in [-0.25, -0.2) is 4.39 Å². The van der Waals surface area contributed by atoms with E-state index >= 15 is 0 Å². The summed E-state index contributed by atoms with van der Waals surface area (Å²) in [7, 11) is 0. The summed E-state index contributed by atoms with van der Waals surface area (Å²) in [6.45, 7) is 6.65. The van der Waals surface area contributed by atoms with Crippen LogP contribution in [0.2, 0.25) is 0 Å². The number of alkyl halides is 1. The van der Waals surface area contributed by atoms with Crippen LogP contribution < -0.4 is 5.32 Å². The highest BCUT2D eigenvalue weighted by Gasteiger charge is 2.36. The molecule has 0 aliphatic carbocycles. The van der Waals surface area contributed by atoms with Gasteiger partial charge in [0.1, 0.15) is 5.67 Å². The molecule has 0 aromatic carbocycles. The third-order valence-corrected chi connectivity index (χ3v) is 3.37. The molecule has 0 spiro atoms. The summed E-state index contributed by atoms with van der Waals surface area (Å²) in [4.78, 5) is 0. The molecule has 13 heavy (non-hydrogen) atoms. The molecule has 0 bridgehead atoms. The minimum absolute atomic E-state index is 0.0648. The molecule has 0 saturated carbocycles. The lowest BCUT2D eigenvalue weighted by molar-refractivity contribution is 0.0701. The van der Waals surface area contributed by atoms with E-state index in [0.717, 1.165) is 13.0 Å². The topological polar surface area (TPSA) is 12.0 Å². The first-order chi connectivity index (χ1) is 6.05. The summed E-state index contributed by atoms with van der Waals surface area (Å²) in [5.41, 5.74) is -1.05. The number of nitrogens with one attached hydrogen (secondary N) is 1. The summed E-state index contributed by atoms with van der Waals surface area (Å²) in [5, 5.41) is 3.33. The summed E-state index contributed by atoms with van der Waals surface area (Å²) in [5.74, 6) is 0.100. The highest BCUT2D eigenvalue weighted by Crippen LogP contribution is 2.29. The first-order valence-corrected chi connectivity index (χ1v) is 5.47. The fourth-order valence-corrected chi connectivity index (χ4v) is 1.91. The van der Waals surface area contributed by atoms with E-state index in [4.69, 9.17) is 0 Å². The molecule has 1 heterocycles. The molecule has 78 valence electrons. The Labute approximate surface area is 81.1 Å². The molecule has 0 aromatic rings. The van der Waals surface area contributed by atoms with Gasteiger partial charge in [-0.3, -0.25) is 0 Å². The van der Waals surface area contributed by atoms with Crippen molar-refractivity contribution in [2.24, 2.45) is 5.92 Å². The molecule has 0 amide bonds. The Morgan fingerprint density at radius 1 is 1.31 bits per heavy atom. The Kier molecular flexibility index (Phi) is 3.72.